The highest BCUT2D eigenvalue weighted by Gasteiger charge is 2.17. The first-order valence-electron chi connectivity index (χ1n) is 3.34. The van der Waals surface area contributed by atoms with Gasteiger partial charge in [-0.1, -0.05) is 6.07 Å². The van der Waals surface area contributed by atoms with Gasteiger partial charge in [-0.25, -0.2) is 0 Å². The molecule has 0 radical (unpaired) electrons. The zero-order valence-corrected chi connectivity index (χ0v) is 7.64. The molecule has 0 aliphatic carbocycles. The second kappa shape index (κ2) is 2.41. The van der Waals surface area contributed by atoms with Crippen LogP contribution in [0.15, 0.2) is 16.6 Å². The molecule has 0 fully saturated rings. The van der Waals surface area contributed by atoms with Gasteiger partial charge in [-0.05, 0) is 34.5 Å². The Balaban J connectivity index is 2.62. The largest absolute Gasteiger partial charge is 0.454 e. The first-order valence-corrected chi connectivity index (χ1v) is 4.13. The minimum atomic E-state index is 0.331. The number of fused-ring (bicyclic) bond motifs is 1. The minimum Gasteiger partial charge on any atom is -0.454 e. The van der Waals surface area contributed by atoms with Crippen LogP contribution < -0.4 is 9.47 Å². The quantitative estimate of drug-likeness (QED) is 0.661. The summed E-state index contributed by atoms with van der Waals surface area (Å²) >= 11 is 3.43. The average Bonchev–Trinajstić information content (AvgIpc) is 2.45. The molecule has 0 unspecified atom stereocenters. The predicted octanol–water partition coefficient (Wildman–Crippen LogP) is 2.49. The second-order valence-electron chi connectivity index (χ2n) is 2.43. The summed E-state index contributed by atoms with van der Waals surface area (Å²) in [4.78, 5) is 0. The van der Waals surface area contributed by atoms with E-state index < -0.39 is 0 Å². The van der Waals surface area contributed by atoms with E-state index in [2.05, 4.69) is 15.9 Å². The highest BCUT2D eigenvalue weighted by Crippen LogP contribution is 2.40. The van der Waals surface area contributed by atoms with Crippen molar-refractivity contribution in [3.05, 3.63) is 22.2 Å². The van der Waals surface area contributed by atoms with E-state index in [9.17, 15) is 0 Å². The maximum atomic E-state index is 5.24. The van der Waals surface area contributed by atoms with Crippen molar-refractivity contribution in [2.75, 3.05) is 6.79 Å². The average molecular weight is 215 g/mol. The third kappa shape index (κ3) is 0.997. The Morgan fingerprint density at radius 1 is 1.36 bits per heavy atom. The molecular formula is C8H7BrO2. The lowest BCUT2D eigenvalue weighted by Gasteiger charge is -2.00. The molecule has 1 heterocycles. The second-order valence-corrected chi connectivity index (χ2v) is 3.22. The van der Waals surface area contributed by atoms with Gasteiger partial charge in [0.25, 0.3) is 0 Å². The number of benzene rings is 1. The van der Waals surface area contributed by atoms with Gasteiger partial charge in [-0.3, -0.25) is 0 Å². The van der Waals surface area contributed by atoms with Crippen molar-refractivity contribution in [2.45, 2.75) is 6.92 Å². The number of ether oxygens (including phenoxy) is 2. The van der Waals surface area contributed by atoms with Crippen LogP contribution in [-0.4, -0.2) is 6.79 Å². The Bertz CT molecular complexity index is 296. The lowest BCUT2D eigenvalue weighted by atomic mass is 10.2. The van der Waals surface area contributed by atoms with Crippen molar-refractivity contribution >= 4 is 15.9 Å². The molecule has 0 atom stereocenters. The molecule has 0 N–H and O–H groups in total. The molecule has 11 heavy (non-hydrogen) atoms. The van der Waals surface area contributed by atoms with Gasteiger partial charge in [0.05, 0.1) is 4.47 Å². The van der Waals surface area contributed by atoms with Crippen LogP contribution in [0.3, 0.4) is 0 Å². The summed E-state index contributed by atoms with van der Waals surface area (Å²) in [6, 6.07) is 3.92. The lowest BCUT2D eigenvalue weighted by Crippen LogP contribution is -1.93. The van der Waals surface area contributed by atoms with Crippen molar-refractivity contribution < 1.29 is 9.47 Å². The molecule has 0 saturated carbocycles. The zero-order chi connectivity index (χ0) is 7.84. The van der Waals surface area contributed by atoms with Crippen molar-refractivity contribution in [1.29, 1.82) is 0 Å². The molecule has 3 heteroatoms. The summed E-state index contributed by atoms with van der Waals surface area (Å²) in [6.45, 7) is 2.35. The summed E-state index contributed by atoms with van der Waals surface area (Å²) in [5.74, 6) is 1.65. The van der Waals surface area contributed by atoms with Crippen LogP contribution in [0.2, 0.25) is 0 Å². The molecule has 1 aliphatic rings. The lowest BCUT2D eigenvalue weighted by molar-refractivity contribution is 0.173. The van der Waals surface area contributed by atoms with E-state index in [1.54, 1.807) is 0 Å². The molecule has 58 valence electrons. The molecule has 1 aliphatic heterocycles. The van der Waals surface area contributed by atoms with Gasteiger partial charge in [0.1, 0.15) is 0 Å². The first-order chi connectivity index (χ1) is 5.29. The Labute approximate surface area is 73.3 Å². The summed E-state index contributed by atoms with van der Waals surface area (Å²) in [5.41, 5.74) is 1.16. The smallest absolute Gasteiger partial charge is 0.231 e. The van der Waals surface area contributed by atoms with Crippen molar-refractivity contribution in [3.63, 3.8) is 0 Å². The number of halogens is 1. The summed E-state index contributed by atoms with van der Waals surface area (Å²) in [6.07, 6.45) is 0. The topological polar surface area (TPSA) is 18.5 Å². The number of rotatable bonds is 0. The van der Waals surface area contributed by atoms with Crippen LogP contribution in [0.25, 0.3) is 0 Å². The Morgan fingerprint density at radius 3 is 3.00 bits per heavy atom. The Kier molecular flexibility index (Phi) is 1.53. The van der Waals surface area contributed by atoms with Crippen molar-refractivity contribution in [3.8, 4) is 11.5 Å². The molecular weight excluding hydrogens is 208 g/mol. The minimum absolute atomic E-state index is 0.331. The van der Waals surface area contributed by atoms with Crippen LogP contribution in [0.5, 0.6) is 11.5 Å². The molecule has 1 aromatic carbocycles. The van der Waals surface area contributed by atoms with Gasteiger partial charge >= 0.3 is 0 Å². The monoisotopic (exact) mass is 214 g/mol. The molecule has 2 nitrogen and oxygen atoms in total. The van der Waals surface area contributed by atoms with E-state index in [-0.39, 0.29) is 0 Å². The molecule has 0 saturated heterocycles. The maximum absolute atomic E-state index is 5.24. The normalized spacial score (nSPS) is 13.6. The van der Waals surface area contributed by atoms with E-state index in [4.69, 9.17) is 9.47 Å². The molecule has 0 amide bonds. The molecule has 0 spiro atoms. The summed E-state index contributed by atoms with van der Waals surface area (Å²) < 4.78 is 11.4. The van der Waals surface area contributed by atoms with Crippen LogP contribution >= 0.6 is 15.9 Å². The number of aryl methyl sites for hydroxylation is 1. The summed E-state index contributed by atoms with van der Waals surface area (Å²) in [7, 11) is 0. The highest BCUT2D eigenvalue weighted by molar-refractivity contribution is 9.10. The van der Waals surface area contributed by atoms with Gasteiger partial charge in [-0.15, -0.1) is 0 Å². The van der Waals surface area contributed by atoms with E-state index >= 15 is 0 Å². The third-order valence-electron chi connectivity index (χ3n) is 1.67. The van der Waals surface area contributed by atoms with Crippen LogP contribution in [0, 0.1) is 6.92 Å². The first kappa shape index (κ1) is 6.98. The van der Waals surface area contributed by atoms with Crippen LogP contribution in [0.1, 0.15) is 5.56 Å². The van der Waals surface area contributed by atoms with Gasteiger partial charge < -0.3 is 9.47 Å². The highest BCUT2D eigenvalue weighted by atomic mass is 79.9. The van der Waals surface area contributed by atoms with Crippen LogP contribution in [-0.2, 0) is 0 Å². The molecule has 0 aromatic heterocycles. The van der Waals surface area contributed by atoms with Gasteiger partial charge in [0, 0.05) is 0 Å². The van der Waals surface area contributed by atoms with E-state index in [0.717, 1.165) is 21.5 Å². The maximum Gasteiger partial charge on any atom is 0.231 e. The Morgan fingerprint density at radius 2 is 2.18 bits per heavy atom. The fourth-order valence-electron chi connectivity index (χ4n) is 1.04. The standard InChI is InChI=1S/C8H7BrO2/c1-5-2-3-6-8(7(5)9)11-4-10-6/h2-3H,4H2,1H3. The zero-order valence-electron chi connectivity index (χ0n) is 6.06. The van der Waals surface area contributed by atoms with Crippen molar-refractivity contribution in [2.24, 2.45) is 0 Å². The Hall–Kier alpha value is -0.700. The number of hydrogen-bond donors (Lipinski definition) is 0. The number of hydrogen-bond acceptors (Lipinski definition) is 2. The predicted molar refractivity (Wildman–Crippen MR) is 45.0 cm³/mol. The van der Waals surface area contributed by atoms with Crippen molar-refractivity contribution in [1.82, 2.24) is 0 Å². The summed E-state index contributed by atoms with van der Waals surface area (Å²) in [5, 5.41) is 0. The van der Waals surface area contributed by atoms with E-state index in [0.29, 0.717) is 6.79 Å². The third-order valence-corrected chi connectivity index (χ3v) is 2.66. The molecule has 1 aromatic rings. The van der Waals surface area contributed by atoms with Gasteiger partial charge in [0.2, 0.25) is 6.79 Å². The fraction of sp³-hybridized carbons (Fsp3) is 0.250. The van der Waals surface area contributed by atoms with Gasteiger partial charge in [-0.2, -0.15) is 0 Å². The van der Waals surface area contributed by atoms with E-state index in [1.807, 2.05) is 19.1 Å². The molecule has 0 bridgehead atoms. The SMILES string of the molecule is Cc1ccc2c(c1Br)OCO2. The van der Waals surface area contributed by atoms with Crippen LogP contribution in [0.4, 0.5) is 0 Å². The molecule has 2 rings (SSSR count). The van der Waals surface area contributed by atoms with Gasteiger partial charge in [0.15, 0.2) is 11.5 Å². The van der Waals surface area contributed by atoms with E-state index in [1.165, 1.54) is 0 Å². The fourth-order valence-corrected chi connectivity index (χ4v) is 1.48.